The molecule has 0 unspecified atom stereocenters. The highest BCUT2D eigenvalue weighted by atomic mass is 16.2. The molecule has 2 aromatic heterocycles. The summed E-state index contributed by atoms with van der Waals surface area (Å²) < 4.78 is 2.29. The molecule has 0 radical (unpaired) electrons. The molecule has 0 spiro atoms. The van der Waals surface area contributed by atoms with E-state index < -0.39 is 11.2 Å². The normalized spacial score (nSPS) is 15.8. The van der Waals surface area contributed by atoms with Gasteiger partial charge in [-0.15, -0.1) is 0 Å². The minimum absolute atomic E-state index is 0.101. The molecule has 2 aromatic carbocycles. The average Bonchev–Trinajstić information content (AvgIpc) is 2.89. The quantitative estimate of drug-likeness (QED) is 0.429. The molecular formula is C28H30N6O3. The van der Waals surface area contributed by atoms with Crippen molar-refractivity contribution in [2.75, 3.05) is 24.5 Å². The zero-order valence-electron chi connectivity index (χ0n) is 21.5. The van der Waals surface area contributed by atoms with Gasteiger partial charge in [0.05, 0.1) is 0 Å². The highest BCUT2D eigenvalue weighted by Crippen LogP contribution is 2.22. The fourth-order valence-electron chi connectivity index (χ4n) is 4.87. The highest BCUT2D eigenvalue weighted by molar-refractivity contribution is 5.78. The molecule has 1 saturated heterocycles. The van der Waals surface area contributed by atoms with Gasteiger partial charge in [0.15, 0.2) is 11.5 Å². The SMILES string of the molecule is Cc1ccc(-c2ncc3c(=O)n(CC(=O)N4CCN(c5cccc(C)c5)[C@H](C)C4)c(=O)n(C)c3n2)cc1. The molecule has 1 aliphatic rings. The molecule has 9 nitrogen and oxygen atoms in total. The van der Waals surface area contributed by atoms with Gasteiger partial charge in [0.2, 0.25) is 5.91 Å². The van der Waals surface area contributed by atoms with E-state index in [4.69, 9.17) is 0 Å². The van der Waals surface area contributed by atoms with Crippen molar-refractivity contribution in [3.8, 4) is 11.4 Å². The molecule has 0 N–H and O–H groups in total. The second kappa shape index (κ2) is 9.65. The highest BCUT2D eigenvalue weighted by Gasteiger charge is 2.28. The number of aryl methyl sites for hydroxylation is 3. The second-order valence-corrected chi connectivity index (χ2v) is 9.75. The van der Waals surface area contributed by atoms with Gasteiger partial charge in [-0.25, -0.2) is 14.8 Å². The van der Waals surface area contributed by atoms with Crippen molar-refractivity contribution >= 4 is 22.6 Å². The van der Waals surface area contributed by atoms with Crippen LogP contribution in [0.2, 0.25) is 0 Å². The minimum Gasteiger partial charge on any atom is -0.365 e. The Labute approximate surface area is 214 Å². The number of rotatable bonds is 4. The number of hydrogen-bond donors (Lipinski definition) is 0. The third kappa shape index (κ3) is 4.64. The van der Waals surface area contributed by atoms with Gasteiger partial charge in [-0.1, -0.05) is 42.0 Å². The molecule has 3 heterocycles. The molecule has 1 atom stereocenters. The smallest absolute Gasteiger partial charge is 0.332 e. The number of carbonyl (C=O) groups excluding carboxylic acids is 1. The number of carbonyl (C=O) groups is 1. The minimum atomic E-state index is -0.578. The number of hydrogen-bond acceptors (Lipinski definition) is 6. The van der Waals surface area contributed by atoms with Gasteiger partial charge >= 0.3 is 5.69 Å². The zero-order chi connectivity index (χ0) is 26.3. The fourth-order valence-corrected chi connectivity index (χ4v) is 4.87. The van der Waals surface area contributed by atoms with Crippen LogP contribution in [0.4, 0.5) is 5.69 Å². The van der Waals surface area contributed by atoms with Crippen LogP contribution in [-0.4, -0.2) is 55.6 Å². The summed E-state index contributed by atoms with van der Waals surface area (Å²) in [7, 11) is 1.56. The molecule has 9 heteroatoms. The van der Waals surface area contributed by atoms with E-state index in [2.05, 4.69) is 46.9 Å². The Balaban J connectivity index is 1.39. The van der Waals surface area contributed by atoms with Crippen molar-refractivity contribution < 1.29 is 4.79 Å². The Kier molecular flexibility index (Phi) is 6.37. The molecule has 1 amide bonds. The Morgan fingerprint density at radius 2 is 1.78 bits per heavy atom. The van der Waals surface area contributed by atoms with Crippen molar-refractivity contribution in [2.45, 2.75) is 33.4 Å². The van der Waals surface area contributed by atoms with Crippen molar-refractivity contribution in [1.29, 1.82) is 0 Å². The monoisotopic (exact) mass is 498 g/mol. The fraction of sp³-hybridized carbons (Fsp3) is 0.321. The Morgan fingerprint density at radius 3 is 2.49 bits per heavy atom. The van der Waals surface area contributed by atoms with Crippen LogP contribution in [0.5, 0.6) is 0 Å². The summed E-state index contributed by atoms with van der Waals surface area (Å²) in [5.41, 5.74) is 3.31. The van der Waals surface area contributed by atoms with E-state index in [9.17, 15) is 14.4 Å². The van der Waals surface area contributed by atoms with Crippen molar-refractivity contribution in [2.24, 2.45) is 7.05 Å². The van der Waals surface area contributed by atoms with Gasteiger partial charge < -0.3 is 9.80 Å². The molecule has 190 valence electrons. The maximum absolute atomic E-state index is 13.2. The number of aromatic nitrogens is 4. The lowest BCUT2D eigenvalue weighted by molar-refractivity contribution is -0.132. The van der Waals surface area contributed by atoms with Crippen LogP contribution in [0, 0.1) is 13.8 Å². The summed E-state index contributed by atoms with van der Waals surface area (Å²) in [6.07, 6.45) is 1.43. The molecule has 4 aromatic rings. The summed E-state index contributed by atoms with van der Waals surface area (Å²) in [5.74, 6) is 0.169. The number of fused-ring (bicyclic) bond motifs is 1. The number of piperazine rings is 1. The van der Waals surface area contributed by atoms with Gasteiger partial charge in [0.25, 0.3) is 5.56 Å². The molecule has 1 aliphatic heterocycles. The molecule has 5 rings (SSSR count). The predicted molar refractivity (Wildman–Crippen MR) is 144 cm³/mol. The lowest BCUT2D eigenvalue weighted by Gasteiger charge is -2.41. The summed E-state index contributed by atoms with van der Waals surface area (Å²) in [4.78, 5) is 52.4. The van der Waals surface area contributed by atoms with Crippen LogP contribution < -0.4 is 16.1 Å². The third-order valence-corrected chi connectivity index (χ3v) is 7.00. The first kappa shape index (κ1) is 24.4. The summed E-state index contributed by atoms with van der Waals surface area (Å²) in [5, 5.41) is 0.198. The number of nitrogens with zero attached hydrogens (tertiary/aromatic N) is 6. The van der Waals surface area contributed by atoms with E-state index in [1.165, 1.54) is 16.3 Å². The van der Waals surface area contributed by atoms with Crippen LogP contribution >= 0.6 is 0 Å². The van der Waals surface area contributed by atoms with Crippen molar-refractivity contribution in [3.63, 3.8) is 0 Å². The van der Waals surface area contributed by atoms with Gasteiger partial charge in [-0.3, -0.25) is 18.7 Å². The first-order valence-electron chi connectivity index (χ1n) is 12.4. The Morgan fingerprint density at radius 1 is 1.03 bits per heavy atom. The standard InChI is InChI=1S/C28H30N6O3/c1-18-8-10-21(11-9-18)25-29-15-23-26(30-25)31(4)28(37)34(27(23)36)17-24(35)32-12-13-33(20(3)16-32)22-7-5-6-19(2)14-22/h5-11,14-15,20H,12-13,16-17H2,1-4H3/t20-/m1/s1. The third-order valence-electron chi connectivity index (χ3n) is 7.00. The molecule has 0 bridgehead atoms. The topological polar surface area (TPSA) is 93.3 Å². The number of anilines is 1. The van der Waals surface area contributed by atoms with Gasteiger partial charge in [0.1, 0.15) is 11.9 Å². The van der Waals surface area contributed by atoms with Crippen LogP contribution in [-0.2, 0) is 18.4 Å². The second-order valence-electron chi connectivity index (χ2n) is 9.75. The molecule has 37 heavy (non-hydrogen) atoms. The summed E-state index contributed by atoms with van der Waals surface area (Å²) >= 11 is 0. The van der Waals surface area contributed by atoms with Crippen molar-refractivity contribution in [3.05, 3.63) is 86.7 Å². The molecule has 0 saturated carbocycles. The van der Waals surface area contributed by atoms with Crippen LogP contribution in [0.15, 0.2) is 64.3 Å². The van der Waals surface area contributed by atoms with E-state index >= 15 is 0 Å². The van der Waals surface area contributed by atoms with Crippen LogP contribution in [0.3, 0.4) is 0 Å². The summed E-state index contributed by atoms with van der Waals surface area (Å²) in [6.45, 7) is 7.51. The number of benzene rings is 2. The molecule has 1 fully saturated rings. The van der Waals surface area contributed by atoms with Crippen LogP contribution in [0.25, 0.3) is 22.4 Å². The van der Waals surface area contributed by atoms with Crippen LogP contribution in [0.1, 0.15) is 18.1 Å². The average molecular weight is 499 g/mol. The first-order valence-corrected chi connectivity index (χ1v) is 12.4. The van der Waals surface area contributed by atoms with E-state index in [1.807, 2.05) is 37.3 Å². The molecular weight excluding hydrogens is 468 g/mol. The number of amides is 1. The van der Waals surface area contributed by atoms with E-state index in [1.54, 1.807) is 11.9 Å². The van der Waals surface area contributed by atoms with Gasteiger partial charge in [-0.2, -0.15) is 0 Å². The maximum Gasteiger partial charge on any atom is 0.332 e. The lowest BCUT2D eigenvalue weighted by atomic mass is 10.1. The maximum atomic E-state index is 13.2. The van der Waals surface area contributed by atoms with Gasteiger partial charge in [0, 0.05) is 50.2 Å². The van der Waals surface area contributed by atoms with Crippen molar-refractivity contribution in [1.82, 2.24) is 24.0 Å². The predicted octanol–water partition coefficient (Wildman–Crippen LogP) is 2.51. The lowest BCUT2D eigenvalue weighted by Crippen LogP contribution is -2.55. The van der Waals surface area contributed by atoms with E-state index in [0.29, 0.717) is 25.5 Å². The van der Waals surface area contributed by atoms with E-state index in [-0.39, 0.29) is 29.5 Å². The van der Waals surface area contributed by atoms with E-state index in [0.717, 1.165) is 21.4 Å². The first-order chi connectivity index (χ1) is 17.7. The Bertz CT molecular complexity index is 1610. The molecule has 0 aliphatic carbocycles. The Hall–Kier alpha value is -4.27. The largest absolute Gasteiger partial charge is 0.365 e. The zero-order valence-corrected chi connectivity index (χ0v) is 21.5. The summed E-state index contributed by atoms with van der Waals surface area (Å²) in [6, 6.07) is 16.1. The van der Waals surface area contributed by atoms with Gasteiger partial charge in [-0.05, 0) is 38.5 Å².